The van der Waals surface area contributed by atoms with Crippen LogP contribution < -0.4 is 5.32 Å². The molecule has 3 aliphatic rings. The molecule has 0 radical (unpaired) electrons. The molecule has 4 rings (SSSR count). The van der Waals surface area contributed by atoms with Crippen LogP contribution in [-0.4, -0.2) is 87.6 Å². The number of likely N-dealkylation sites (tertiary alicyclic amines) is 1. The van der Waals surface area contributed by atoms with Gasteiger partial charge in [-0.2, -0.15) is 0 Å². The minimum Gasteiger partial charge on any atom is -0.455 e. The van der Waals surface area contributed by atoms with E-state index in [-0.39, 0.29) is 55.2 Å². The number of esters is 1. The predicted octanol–water partition coefficient (Wildman–Crippen LogP) is 4.97. The van der Waals surface area contributed by atoms with Gasteiger partial charge >= 0.3 is 5.97 Å². The van der Waals surface area contributed by atoms with Crippen LogP contribution in [0.2, 0.25) is 0 Å². The molecule has 7 atom stereocenters. The molecule has 10 heteroatoms. The van der Waals surface area contributed by atoms with Crippen molar-refractivity contribution >= 4 is 23.7 Å². The summed E-state index contributed by atoms with van der Waals surface area (Å²) >= 11 is 0. The fraction of sp³-hybridized carbons (Fsp3) is 0.641. The molecule has 1 spiro atoms. The number of rotatable bonds is 16. The van der Waals surface area contributed by atoms with Gasteiger partial charge in [0.2, 0.25) is 17.7 Å². The summed E-state index contributed by atoms with van der Waals surface area (Å²) in [6.07, 6.45) is 4.32. The second-order valence-electron chi connectivity index (χ2n) is 16.1. The Labute approximate surface area is 292 Å². The number of aliphatic hydroxyl groups excluding tert-OH is 1. The molecule has 0 aliphatic carbocycles. The Morgan fingerprint density at radius 1 is 1.14 bits per heavy atom. The number of amides is 3. The summed E-state index contributed by atoms with van der Waals surface area (Å²) in [6.45, 7) is 21.8. The van der Waals surface area contributed by atoms with Crippen LogP contribution in [-0.2, 0) is 28.7 Å². The second-order valence-corrected chi connectivity index (χ2v) is 16.1. The number of carbonyl (C=O) groups is 4. The molecule has 49 heavy (non-hydrogen) atoms. The predicted molar refractivity (Wildman–Crippen MR) is 188 cm³/mol. The van der Waals surface area contributed by atoms with Crippen molar-refractivity contribution in [1.29, 1.82) is 0 Å². The van der Waals surface area contributed by atoms with Gasteiger partial charge in [-0.3, -0.25) is 19.2 Å². The Bertz CT molecular complexity index is 1390. The minimum absolute atomic E-state index is 0.0558. The van der Waals surface area contributed by atoms with E-state index in [4.69, 9.17) is 9.47 Å². The summed E-state index contributed by atoms with van der Waals surface area (Å²) in [6, 6.07) is 7.46. The Morgan fingerprint density at radius 2 is 1.82 bits per heavy atom. The number of hydrogen-bond acceptors (Lipinski definition) is 7. The Kier molecular flexibility index (Phi) is 11.9. The first kappa shape index (κ1) is 38.3. The lowest BCUT2D eigenvalue weighted by Gasteiger charge is -2.46. The normalized spacial score (nSPS) is 25.9. The first-order valence-corrected chi connectivity index (χ1v) is 17.7. The third-order valence-corrected chi connectivity index (χ3v) is 10.3. The van der Waals surface area contributed by atoms with Crippen molar-refractivity contribution in [2.45, 2.75) is 116 Å². The van der Waals surface area contributed by atoms with Gasteiger partial charge in [0.25, 0.3) is 0 Å². The zero-order valence-corrected chi connectivity index (χ0v) is 30.4. The molecule has 0 saturated carbocycles. The monoisotopic (exact) mass is 679 g/mol. The molecule has 0 aromatic heterocycles. The summed E-state index contributed by atoms with van der Waals surface area (Å²) in [4.78, 5) is 59.8. The lowest BCUT2D eigenvalue weighted by molar-refractivity contribution is -0.162. The summed E-state index contributed by atoms with van der Waals surface area (Å²) in [5.74, 6) is -3.54. The second kappa shape index (κ2) is 15.2. The number of allylic oxidation sites excluding steroid dienone is 1. The van der Waals surface area contributed by atoms with Crippen LogP contribution in [0.1, 0.15) is 92.2 Å². The molecule has 2 N–H and O–H groups in total. The number of carbonyl (C=O) groups excluding carboxylic acids is 4. The Morgan fingerprint density at radius 3 is 2.39 bits per heavy atom. The molecule has 3 amide bonds. The van der Waals surface area contributed by atoms with Crippen LogP contribution in [0, 0.1) is 23.2 Å². The van der Waals surface area contributed by atoms with Gasteiger partial charge in [-0.05, 0) is 56.4 Å². The van der Waals surface area contributed by atoms with Gasteiger partial charge in [0, 0.05) is 18.5 Å². The molecule has 270 valence electrons. The highest BCUT2D eigenvalue weighted by Gasteiger charge is 2.76. The molecular formula is C39H57N3O7. The highest BCUT2D eigenvalue weighted by atomic mass is 16.6. The van der Waals surface area contributed by atoms with Gasteiger partial charge in [-0.25, -0.2) is 0 Å². The van der Waals surface area contributed by atoms with Crippen LogP contribution in [0.15, 0.2) is 55.6 Å². The summed E-state index contributed by atoms with van der Waals surface area (Å²) in [5.41, 5.74) is -1.26. The summed E-state index contributed by atoms with van der Waals surface area (Å²) < 4.78 is 12.9. The van der Waals surface area contributed by atoms with Crippen LogP contribution in [0.5, 0.6) is 0 Å². The van der Waals surface area contributed by atoms with Crippen LogP contribution in [0.3, 0.4) is 0 Å². The standard InChI is InChI=1S/C39H57N3O7/c1-10-12-18-30(44)40-22-29(26-16-14-13-15-17-26)48-36(47)31-28-19-20-39(49-28)32(31)34(45)42(27(23-43)25(3)4)33(39)35(46)41(21-11-2)38(8,9)24-37(5,6)7/h10-11,13-17,25,27-29,31-33,43H,1-2,12,18-24H2,3-9H3,(H,40,44)/t27-,28+,29+,31-,32-,33+,39-/m0/s1. The number of benzene rings is 1. The van der Waals surface area contributed by atoms with Gasteiger partial charge in [-0.1, -0.05) is 77.1 Å². The maximum absolute atomic E-state index is 15.0. The number of ether oxygens (including phenoxy) is 2. The van der Waals surface area contributed by atoms with E-state index in [2.05, 4.69) is 39.2 Å². The fourth-order valence-electron chi connectivity index (χ4n) is 8.56. The highest BCUT2D eigenvalue weighted by Crippen LogP contribution is 2.60. The van der Waals surface area contributed by atoms with Crippen molar-refractivity contribution in [2.75, 3.05) is 19.7 Å². The molecule has 3 heterocycles. The molecule has 1 aromatic carbocycles. The lowest BCUT2D eigenvalue weighted by Crippen LogP contribution is -2.63. The fourth-order valence-corrected chi connectivity index (χ4v) is 8.56. The van der Waals surface area contributed by atoms with Crippen LogP contribution >= 0.6 is 0 Å². The lowest BCUT2D eigenvalue weighted by atomic mass is 9.70. The van der Waals surface area contributed by atoms with E-state index in [0.29, 0.717) is 31.2 Å². The third kappa shape index (κ3) is 7.80. The van der Waals surface area contributed by atoms with Gasteiger partial charge in [0.15, 0.2) is 0 Å². The van der Waals surface area contributed by atoms with Gasteiger partial charge < -0.3 is 29.7 Å². The summed E-state index contributed by atoms with van der Waals surface area (Å²) in [5, 5.41) is 13.5. The van der Waals surface area contributed by atoms with Crippen molar-refractivity contribution < 1.29 is 33.8 Å². The smallest absolute Gasteiger partial charge is 0.313 e. The van der Waals surface area contributed by atoms with Gasteiger partial charge in [0.1, 0.15) is 17.7 Å². The van der Waals surface area contributed by atoms with Crippen molar-refractivity contribution in [3.05, 3.63) is 61.2 Å². The number of nitrogens with zero attached hydrogens (tertiary/aromatic N) is 2. The van der Waals surface area contributed by atoms with Crippen LogP contribution in [0.4, 0.5) is 0 Å². The SMILES string of the molecule is C=CCCC(=O)NC[C@@H](OC(=O)[C@@H]1[C@H]2C(=O)N([C@@H](CO)C(C)C)[C@H](C(=O)N(CC=C)C(C)(C)CC(C)(C)C)[C@]23CC[C@H]1O3)c1ccccc1. The molecular weight excluding hydrogens is 622 g/mol. The van der Waals surface area contributed by atoms with E-state index in [1.807, 2.05) is 58.0 Å². The number of fused-ring (bicyclic) bond motifs is 1. The van der Waals surface area contributed by atoms with E-state index in [1.165, 1.54) is 4.90 Å². The minimum atomic E-state index is -1.26. The molecule has 2 bridgehead atoms. The molecule has 10 nitrogen and oxygen atoms in total. The van der Waals surface area contributed by atoms with E-state index in [9.17, 15) is 19.5 Å². The maximum atomic E-state index is 15.0. The Hall–Kier alpha value is -3.50. The molecule has 3 aliphatic heterocycles. The highest BCUT2D eigenvalue weighted by molar-refractivity contribution is 5.98. The molecule has 3 fully saturated rings. The largest absolute Gasteiger partial charge is 0.455 e. The average molecular weight is 680 g/mol. The van der Waals surface area contributed by atoms with E-state index in [1.54, 1.807) is 17.1 Å². The van der Waals surface area contributed by atoms with Crippen molar-refractivity contribution in [3.8, 4) is 0 Å². The zero-order chi connectivity index (χ0) is 36.3. The van der Waals surface area contributed by atoms with Crippen molar-refractivity contribution in [1.82, 2.24) is 15.1 Å². The number of hydrogen-bond donors (Lipinski definition) is 2. The Balaban J connectivity index is 1.72. The third-order valence-electron chi connectivity index (χ3n) is 10.3. The van der Waals surface area contributed by atoms with Gasteiger partial charge in [-0.15, -0.1) is 13.2 Å². The van der Waals surface area contributed by atoms with Crippen molar-refractivity contribution in [3.63, 3.8) is 0 Å². The summed E-state index contributed by atoms with van der Waals surface area (Å²) in [7, 11) is 0. The number of aliphatic hydroxyl groups is 1. The van der Waals surface area contributed by atoms with Gasteiger partial charge in [0.05, 0.1) is 37.1 Å². The first-order chi connectivity index (χ1) is 23.0. The topological polar surface area (TPSA) is 125 Å². The van der Waals surface area contributed by atoms with E-state index >= 15 is 4.79 Å². The molecule has 0 unspecified atom stereocenters. The number of nitrogens with one attached hydrogen (secondary N) is 1. The molecule has 1 aromatic rings. The van der Waals surface area contributed by atoms with Crippen molar-refractivity contribution in [2.24, 2.45) is 23.2 Å². The van der Waals surface area contributed by atoms with E-state index in [0.717, 1.165) is 0 Å². The maximum Gasteiger partial charge on any atom is 0.313 e. The quantitative estimate of drug-likeness (QED) is 0.187. The zero-order valence-electron chi connectivity index (χ0n) is 30.4. The van der Waals surface area contributed by atoms with Crippen LogP contribution in [0.25, 0.3) is 0 Å². The average Bonchev–Trinajstić information content (AvgIpc) is 3.67. The first-order valence-electron chi connectivity index (χ1n) is 17.7. The molecule has 3 saturated heterocycles. The van der Waals surface area contributed by atoms with E-state index < -0.39 is 53.2 Å².